The van der Waals surface area contributed by atoms with Crippen molar-refractivity contribution in [3.63, 3.8) is 0 Å². The van der Waals surface area contributed by atoms with Gasteiger partial charge in [-0.2, -0.15) is 0 Å². The van der Waals surface area contributed by atoms with Gasteiger partial charge in [0.1, 0.15) is 0 Å². The van der Waals surface area contributed by atoms with Crippen LogP contribution in [0.1, 0.15) is 25.3 Å². The first kappa shape index (κ1) is 15.5. The molecule has 1 aromatic rings. The molecule has 1 atom stereocenters. The fraction of sp³-hybridized carbons (Fsp3) is 0.429. The maximum absolute atomic E-state index is 11.7. The van der Waals surface area contributed by atoms with Crippen molar-refractivity contribution in [1.29, 1.82) is 0 Å². The van der Waals surface area contributed by atoms with Crippen LogP contribution in [0, 0.1) is 5.92 Å². The number of aliphatic carboxylic acids is 1. The van der Waals surface area contributed by atoms with Crippen molar-refractivity contribution in [1.82, 2.24) is 5.32 Å². The smallest absolute Gasteiger partial charge is 0.303 e. The van der Waals surface area contributed by atoms with Gasteiger partial charge in [0.05, 0.1) is 6.42 Å². The average molecular weight is 284 g/mol. The summed E-state index contributed by atoms with van der Waals surface area (Å²) in [6.45, 7) is 2.42. The number of hydrogen-bond donors (Lipinski definition) is 2. The lowest BCUT2D eigenvalue weighted by Gasteiger charge is -2.11. The summed E-state index contributed by atoms with van der Waals surface area (Å²) in [6.07, 6.45) is 1.01. The number of carboxylic acid groups (broad SMARTS) is 1. The third kappa shape index (κ3) is 6.82. The lowest BCUT2D eigenvalue weighted by Crippen LogP contribution is -2.29. The number of carbonyl (C=O) groups is 2. The molecule has 0 fully saturated rings. The second-order valence-electron chi connectivity index (χ2n) is 4.64. The zero-order valence-electron chi connectivity index (χ0n) is 10.9. The third-order valence-corrected chi connectivity index (χ3v) is 3.03. The third-order valence-electron chi connectivity index (χ3n) is 2.78. The number of nitrogens with one attached hydrogen (secondary N) is 1. The molecule has 1 amide bonds. The summed E-state index contributed by atoms with van der Waals surface area (Å²) in [6, 6.07) is 7.13. The summed E-state index contributed by atoms with van der Waals surface area (Å²) in [5, 5.41) is 12.0. The average Bonchev–Trinajstić information content (AvgIpc) is 2.36. The van der Waals surface area contributed by atoms with Crippen LogP contribution in [0.3, 0.4) is 0 Å². The van der Waals surface area contributed by atoms with Gasteiger partial charge in [-0.3, -0.25) is 9.59 Å². The van der Waals surface area contributed by atoms with E-state index in [-0.39, 0.29) is 18.2 Å². The maximum Gasteiger partial charge on any atom is 0.303 e. The zero-order valence-corrected chi connectivity index (χ0v) is 11.6. The minimum atomic E-state index is -0.806. The van der Waals surface area contributed by atoms with E-state index < -0.39 is 5.97 Å². The van der Waals surface area contributed by atoms with Crippen LogP contribution >= 0.6 is 11.6 Å². The van der Waals surface area contributed by atoms with E-state index >= 15 is 0 Å². The predicted octanol–water partition coefficient (Wildman–Crippen LogP) is 2.50. The topological polar surface area (TPSA) is 66.4 Å². The van der Waals surface area contributed by atoms with Crippen LogP contribution in [0.25, 0.3) is 0 Å². The van der Waals surface area contributed by atoms with E-state index in [0.717, 1.165) is 5.56 Å². The molecule has 1 aromatic carbocycles. The molecular weight excluding hydrogens is 266 g/mol. The van der Waals surface area contributed by atoms with E-state index in [1.807, 2.05) is 19.1 Å². The van der Waals surface area contributed by atoms with Crippen LogP contribution in [-0.4, -0.2) is 23.5 Å². The van der Waals surface area contributed by atoms with Crippen molar-refractivity contribution < 1.29 is 14.7 Å². The molecule has 0 spiro atoms. The Labute approximate surface area is 117 Å². The lowest BCUT2D eigenvalue weighted by molar-refractivity contribution is -0.137. The monoisotopic (exact) mass is 283 g/mol. The van der Waals surface area contributed by atoms with E-state index in [0.29, 0.717) is 24.4 Å². The first-order chi connectivity index (χ1) is 8.97. The van der Waals surface area contributed by atoms with E-state index in [9.17, 15) is 9.59 Å². The van der Waals surface area contributed by atoms with Crippen LogP contribution in [0.2, 0.25) is 5.02 Å². The van der Waals surface area contributed by atoms with Gasteiger partial charge in [0, 0.05) is 18.0 Å². The predicted molar refractivity (Wildman–Crippen MR) is 74.2 cm³/mol. The standard InChI is InChI=1S/C14H18ClNO3/c1-10(2-7-14(18)19)9-16-13(17)8-11-3-5-12(15)6-4-11/h3-6,10H,2,7-9H2,1H3,(H,16,17)(H,18,19). The maximum atomic E-state index is 11.7. The molecule has 1 unspecified atom stereocenters. The van der Waals surface area contributed by atoms with Gasteiger partial charge in [0.15, 0.2) is 0 Å². The van der Waals surface area contributed by atoms with Crippen LogP contribution in [-0.2, 0) is 16.0 Å². The normalized spacial score (nSPS) is 11.9. The highest BCUT2D eigenvalue weighted by molar-refractivity contribution is 6.30. The lowest BCUT2D eigenvalue weighted by atomic mass is 10.1. The van der Waals surface area contributed by atoms with Gasteiger partial charge in [0.25, 0.3) is 0 Å². The molecule has 104 valence electrons. The molecule has 0 heterocycles. The molecular formula is C14H18ClNO3. The second-order valence-corrected chi connectivity index (χ2v) is 5.08. The van der Waals surface area contributed by atoms with Crippen molar-refractivity contribution in [3.05, 3.63) is 34.9 Å². The minimum absolute atomic E-state index is 0.0653. The fourth-order valence-electron chi connectivity index (χ4n) is 1.61. The molecule has 0 bridgehead atoms. The molecule has 0 aliphatic rings. The molecule has 0 aliphatic carbocycles. The Morgan fingerprint density at radius 1 is 1.32 bits per heavy atom. The molecule has 0 saturated heterocycles. The highest BCUT2D eigenvalue weighted by Gasteiger charge is 2.08. The number of amides is 1. The van der Waals surface area contributed by atoms with Gasteiger partial charge in [-0.25, -0.2) is 0 Å². The molecule has 1 rings (SSSR count). The van der Waals surface area contributed by atoms with E-state index in [1.54, 1.807) is 12.1 Å². The molecule has 0 radical (unpaired) electrons. The Balaban J connectivity index is 2.27. The molecule has 0 saturated carbocycles. The first-order valence-electron chi connectivity index (χ1n) is 6.20. The number of hydrogen-bond acceptors (Lipinski definition) is 2. The summed E-state index contributed by atoms with van der Waals surface area (Å²) in [5.41, 5.74) is 0.903. The molecule has 0 aromatic heterocycles. The van der Waals surface area contributed by atoms with E-state index in [1.165, 1.54) is 0 Å². The van der Waals surface area contributed by atoms with Gasteiger partial charge in [-0.15, -0.1) is 0 Å². The van der Waals surface area contributed by atoms with Crippen molar-refractivity contribution in [3.8, 4) is 0 Å². The van der Waals surface area contributed by atoms with Gasteiger partial charge in [0.2, 0.25) is 5.91 Å². The van der Waals surface area contributed by atoms with E-state index in [4.69, 9.17) is 16.7 Å². The van der Waals surface area contributed by atoms with Crippen molar-refractivity contribution in [2.24, 2.45) is 5.92 Å². The SMILES string of the molecule is CC(CCC(=O)O)CNC(=O)Cc1ccc(Cl)cc1. The Bertz CT molecular complexity index is 431. The number of carboxylic acids is 1. The van der Waals surface area contributed by atoms with Crippen LogP contribution < -0.4 is 5.32 Å². The zero-order chi connectivity index (χ0) is 14.3. The molecule has 0 aliphatic heterocycles. The van der Waals surface area contributed by atoms with Gasteiger partial charge >= 0.3 is 5.97 Å². The Morgan fingerprint density at radius 3 is 2.53 bits per heavy atom. The molecule has 4 nitrogen and oxygen atoms in total. The van der Waals surface area contributed by atoms with Gasteiger partial charge in [-0.1, -0.05) is 30.7 Å². The Kier molecular flexibility index (Phi) is 6.36. The Hall–Kier alpha value is -1.55. The summed E-state index contributed by atoms with van der Waals surface area (Å²) in [5.74, 6) is -0.714. The number of halogens is 1. The molecule has 5 heteroatoms. The number of rotatable bonds is 7. The van der Waals surface area contributed by atoms with Gasteiger partial charge < -0.3 is 10.4 Å². The number of benzene rings is 1. The van der Waals surface area contributed by atoms with E-state index in [2.05, 4.69) is 5.32 Å². The highest BCUT2D eigenvalue weighted by atomic mass is 35.5. The second kappa shape index (κ2) is 7.79. The number of carbonyl (C=O) groups excluding carboxylic acids is 1. The molecule has 2 N–H and O–H groups in total. The van der Waals surface area contributed by atoms with Crippen molar-refractivity contribution in [2.75, 3.05) is 6.54 Å². The van der Waals surface area contributed by atoms with Crippen LogP contribution in [0.15, 0.2) is 24.3 Å². The summed E-state index contributed by atoms with van der Waals surface area (Å²) < 4.78 is 0. The van der Waals surface area contributed by atoms with Crippen molar-refractivity contribution >= 4 is 23.5 Å². The summed E-state index contributed by atoms with van der Waals surface area (Å²) in [7, 11) is 0. The van der Waals surface area contributed by atoms with Crippen LogP contribution in [0.5, 0.6) is 0 Å². The quantitative estimate of drug-likeness (QED) is 0.808. The summed E-state index contributed by atoms with van der Waals surface area (Å²) in [4.78, 5) is 22.1. The molecule has 19 heavy (non-hydrogen) atoms. The van der Waals surface area contributed by atoms with Crippen LogP contribution in [0.4, 0.5) is 0 Å². The van der Waals surface area contributed by atoms with Crippen molar-refractivity contribution in [2.45, 2.75) is 26.2 Å². The Morgan fingerprint density at radius 2 is 1.95 bits per heavy atom. The highest BCUT2D eigenvalue weighted by Crippen LogP contribution is 2.10. The first-order valence-corrected chi connectivity index (χ1v) is 6.58. The fourth-order valence-corrected chi connectivity index (χ4v) is 1.74. The minimum Gasteiger partial charge on any atom is -0.481 e. The largest absolute Gasteiger partial charge is 0.481 e. The van der Waals surface area contributed by atoms with Gasteiger partial charge in [-0.05, 0) is 30.0 Å². The summed E-state index contributed by atoms with van der Waals surface area (Å²) >= 11 is 5.76.